The third-order valence-electron chi connectivity index (χ3n) is 3.07. The van der Waals surface area contributed by atoms with Gasteiger partial charge >= 0.3 is 0 Å². The van der Waals surface area contributed by atoms with E-state index in [9.17, 15) is 5.11 Å². The smallest absolute Gasteiger partial charge is 0.0863 e. The second kappa shape index (κ2) is 5.48. The first-order valence-corrected chi connectivity index (χ1v) is 7.78. The van der Waals surface area contributed by atoms with E-state index in [1.807, 2.05) is 6.07 Å². The quantitative estimate of drug-likeness (QED) is 0.868. The average molecular weight is 370 g/mol. The average Bonchev–Trinajstić information content (AvgIpc) is 2.83. The molecule has 3 atom stereocenters. The molecule has 3 unspecified atom stereocenters. The van der Waals surface area contributed by atoms with E-state index in [0.717, 1.165) is 32.6 Å². The van der Waals surface area contributed by atoms with Gasteiger partial charge in [-0.2, -0.15) is 0 Å². The topological polar surface area (TPSA) is 29.5 Å². The second-order valence-corrected chi connectivity index (χ2v) is 7.74. The van der Waals surface area contributed by atoms with Crippen molar-refractivity contribution in [2.45, 2.75) is 32.0 Å². The summed E-state index contributed by atoms with van der Waals surface area (Å²) in [5.41, 5.74) is 0.978. The number of rotatable bonds is 3. The molecule has 1 fully saturated rings. The van der Waals surface area contributed by atoms with Gasteiger partial charge in [0, 0.05) is 18.1 Å². The molecule has 1 aliphatic heterocycles. The van der Waals surface area contributed by atoms with Crippen molar-refractivity contribution in [3.63, 3.8) is 0 Å². The summed E-state index contributed by atoms with van der Waals surface area (Å²) in [7, 11) is 0. The van der Waals surface area contributed by atoms with Gasteiger partial charge < -0.3 is 9.84 Å². The molecule has 0 aromatic carbocycles. The fraction of sp³-hybridized carbons (Fsp3) is 0.636. The first-order chi connectivity index (χ1) is 7.63. The minimum Gasteiger partial charge on any atom is -0.388 e. The third-order valence-corrected chi connectivity index (χ3v) is 5.46. The molecule has 0 aliphatic carbocycles. The molecule has 0 saturated carbocycles. The van der Waals surface area contributed by atoms with E-state index in [4.69, 9.17) is 4.74 Å². The number of thiophene rings is 1. The molecule has 2 heterocycles. The van der Waals surface area contributed by atoms with Gasteiger partial charge in [0.2, 0.25) is 0 Å². The van der Waals surface area contributed by atoms with Crippen LogP contribution in [-0.2, 0) is 4.74 Å². The molecule has 5 heteroatoms. The summed E-state index contributed by atoms with van der Waals surface area (Å²) in [6.07, 6.45) is 1.68. The number of halogens is 2. The Bertz CT molecular complexity index is 367. The van der Waals surface area contributed by atoms with Crippen LogP contribution in [0.2, 0.25) is 0 Å². The van der Waals surface area contributed by atoms with Gasteiger partial charge in [0.25, 0.3) is 0 Å². The van der Waals surface area contributed by atoms with E-state index in [0.29, 0.717) is 0 Å². The normalized spacial score (nSPS) is 27.2. The molecule has 0 amide bonds. The lowest BCUT2D eigenvalue weighted by Gasteiger charge is -2.22. The molecular formula is C11H14Br2O2S. The van der Waals surface area contributed by atoms with Crippen LogP contribution in [0.1, 0.15) is 31.4 Å². The van der Waals surface area contributed by atoms with Crippen molar-refractivity contribution in [2.75, 3.05) is 6.61 Å². The van der Waals surface area contributed by atoms with Gasteiger partial charge in [-0.05, 0) is 50.8 Å². The second-order valence-electron chi connectivity index (χ2n) is 3.99. The number of hydrogen-bond donors (Lipinski definition) is 1. The lowest BCUT2D eigenvalue weighted by atomic mass is 9.90. The maximum atomic E-state index is 10.4. The van der Waals surface area contributed by atoms with Gasteiger partial charge in [0.05, 0.1) is 19.8 Å². The standard InChI is InChI=1S/C11H14Br2O2S/c1-2-8-6(3-4-15-8)10(14)7-5-9(12)16-11(7)13/h5-6,8,10,14H,2-4H2,1H3. The maximum Gasteiger partial charge on any atom is 0.0863 e. The highest BCUT2D eigenvalue weighted by Gasteiger charge is 2.34. The van der Waals surface area contributed by atoms with E-state index < -0.39 is 6.10 Å². The Labute approximate surface area is 116 Å². The molecule has 0 radical (unpaired) electrons. The molecule has 1 aromatic rings. The lowest BCUT2D eigenvalue weighted by molar-refractivity contribution is 0.0306. The third kappa shape index (κ3) is 2.53. The summed E-state index contributed by atoms with van der Waals surface area (Å²) in [5, 5.41) is 10.4. The van der Waals surface area contributed by atoms with Crippen LogP contribution in [0.3, 0.4) is 0 Å². The van der Waals surface area contributed by atoms with Crippen molar-refractivity contribution in [3.05, 3.63) is 19.2 Å². The Morgan fingerprint density at radius 1 is 1.62 bits per heavy atom. The van der Waals surface area contributed by atoms with Crippen LogP contribution in [-0.4, -0.2) is 17.8 Å². The largest absolute Gasteiger partial charge is 0.388 e. The van der Waals surface area contributed by atoms with Gasteiger partial charge in [0.1, 0.15) is 0 Å². The van der Waals surface area contributed by atoms with Crippen molar-refractivity contribution >= 4 is 43.2 Å². The molecule has 0 spiro atoms. The first kappa shape index (κ1) is 13.0. The zero-order valence-corrected chi connectivity index (χ0v) is 12.9. The molecule has 1 N–H and O–H groups in total. The van der Waals surface area contributed by atoms with Gasteiger partial charge in [-0.25, -0.2) is 0 Å². The summed E-state index contributed by atoms with van der Waals surface area (Å²) in [6, 6.07) is 1.99. The van der Waals surface area contributed by atoms with Crippen molar-refractivity contribution < 1.29 is 9.84 Å². The summed E-state index contributed by atoms with van der Waals surface area (Å²) in [4.78, 5) is 0. The van der Waals surface area contributed by atoms with Gasteiger partial charge in [-0.1, -0.05) is 6.92 Å². The van der Waals surface area contributed by atoms with Crippen molar-refractivity contribution in [3.8, 4) is 0 Å². The Hall–Kier alpha value is 0.580. The summed E-state index contributed by atoms with van der Waals surface area (Å²) >= 11 is 8.53. The molecule has 1 aliphatic rings. The number of aliphatic hydroxyl groups is 1. The number of hydrogen-bond acceptors (Lipinski definition) is 3. The van der Waals surface area contributed by atoms with E-state index >= 15 is 0 Å². The molecule has 16 heavy (non-hydrogen) atoms. The Balaban J connectivity index is 2.18. The summed E-state index contributed by atoms with van der Waals surface area (Å²) in [6.45, 7) is 2.87. The highest BCUT2D eigenvalue weighted by molar-refractivity contribution is 9.12. The molecule has 2 nitrogen and oxygen atoms in total. The molecular weight excluding hydrogens is 356 g/mol. The Morgan fingerprint density at radius 3 is 2.94 bits per heavy atom. The van der Waals surface area contributed by atoms with Gasteiger partial charge in [-0.15, -0.1) is 11.3 Å². The van der Waals surface area contributed by atoms with Crippen LogP contribution < -0.4 is 0 Å². The molecule has 90 valence electrons. The van der Waals surface area contributed by atoms with Crippen LogP contribution >= 0.6 is 43.2 Å². The van der Waals surface area contributed by atoms with E-state index in [1.165, 1.54) is 0 Å². The van der Waals surface area contributed by atoms with E-state index in [-0.39, 0.29) is 12.0 Å². The SMILES string of the molecule is CCC1OCCC1C(O)c1cc(Br)sc1Br. The Morgan fingerprint density at radius 2 is 2.38 bits per heavy atom. The van der Waals surface area contributed by atoms with Gasteiger partial charge in [-0.3, -0.25) is 0 Å². The summed E-state index contributed by atoms with van der Waals surface area (Å²) < 4.78 is 7.67. The Kier molecular flexibility index (Phi) is 4.46. The fourth-order valence-electron chi connectivity index (χ4n) is 2.23. The van der Waals surface area contributed by atoms with Gasteiger partial charge in [0.15, 0.2) is 0 Å². The number of ether oxygens (including phenoxy) is 1. The van der Waals surface area contributed by atoms with E-state index in [2.05, 4.69) is 38.8 Å². The minimum atomic E-state index is -0.427. The lowest BCUT2D eigenvalue weighted by Crippen LogP contribution is -2.21. The van der Waals surface area contributed by atoms with Crippen LogP contribution in [0.15, 0.2) is 13.6 Å². The zero-order valence-electron chi connectivity index (χ0n) is 8.95. The predicted molar refractivity (Wildman–Crippen MR) is 72.8 cm³/mol. The van der Waals surface area contributed by atoms with Crippen LogP contribution in [0.5, 0.6) is 0 Å². The first-order valence-electron chi connectivity index (χ1n) is 5.38. The fourth-order valence-corrected chi connectivity index (χ4v) is 5.14. The number of aliphatic hydroxyl groups excluding tert-OH is 1. The monoisotopic (exact) mass is 368 g/mol. The molecule has 2 rings (SSSR count). The minimum absolute atomic E-state index is 0.195. The van der Waals surface area contributed by atoms with Crippen LogP contribution in [0.25, 0.3) is 0 Å². The summed E-state index contributed by atoms with van der Waals surface area (Å²) in [5.74, 6) is 0.225. The van der Waals surface area contributed by atoms with Crippen LogP contribution in [0, 0.1) is 5.92 Å². The predicted octanol–water partition coefficient (Wildman–Crippen LogP) is 4.12. The molecule has 1 aromatic heterocycles. The van der Waals surface area contributed by atoms with E-state index in [1.54, 1.807) is 11.3 Å². The van der Waals surface area contributed by atoms with Crippen LogP contribution in [0.4, 0.5) is 0 Å². The highest BCUT2D eigenvalue weighted by atomic mass is 79.9. The molecule has 0 bridgehead atoms. The van der Waals surface area contributed by atoms with Crippen molar-refractivity contribution in [1.82, 2.24) is 0 Å². The zero-order chi connectivity index (χ0) is 11.7. The van der Waals surface area contributed by atoms with Crippen molar-refractivity contribution in [2.24, 2.45) is 5.92 Å². The highest BCUT2D eigenvalue weighted by Crippen LogP contribution is 2.41. The molecule has 1 saturated heterocycles. The maximum absolute atomic E-state index is 10.4. The van der Waals surface area contributed by atoms with Crippen molar-refractivity contribution in [1.29, 1.82) is 0 Å².